The van der Waals surface area contributed by atoms with Crippen molar-refractivity contribution >= 4 is 42.3 Å². The molecule has 0 fully saturated rings. The monoisotopic (exact) mass is 423 g/mol. The van der Waals surface area contributed by atoms with Crippen molar-refractivity contribution in [1.82, 2.24) is 15.6 Å². The summed E-state index contributed by atoms with van der Waals surface area (Å²) in [5.41, 5.74) is 0.796. The van der Waals surface area contributed by atoms with E-state index in [1.807, 2.05) is 18.2 Å². The largest absolute Gasteiger partial charge is 0.441 e. The summed E-state index contributed by atoms with van der Waals surface area (Å²) in [5.74, 6) is 1.11. The van der Waals surface area contributed by atoms with Crippen molar-refractivity contribution in [2.75, 3.05) is 33.4 Å². The summed E-state index contributed by atoms with van der Waals surface area (Å²) in [6.07, 6.45) is 2.42. The number of benzene rings is 1. The Morgan fingerprint density at radius 2 is 2.00 bits per heavy atom. The number of hydrogen-bond acceptors (Lipinski definition) is 5. The minimum Gasteiger partial charge on any atom is -0.441 e. The average molecular weight is 425 g/mol. The number of amides is 1. The molecule has 1 aromatic carbocycles. The number of hydrogen-bond donors (Lipinski definition) is 2. The topological polar surface area (TPSA) is 76.4 Å². The normalized spacial score (nSPS) is 9.92. The lowest BCUT2D eigenvalue weighted by atomic mass is 10.2. The summed E-state index contributed by atoms with van der Waals surface area (Å²) < 4.78 is 10.6. The van der Waals surface area contributed by atoms with Crippen LogP contribution in [0.15, 0.2) is 34.9 Å². The number of halogens is 3. The molecule has 0 atom stereocenters. The van der Waals surface area contributed by atoms with Crippen molar-refractivity contribution in [2.24, 2.45) is 0 Å². The second-order valence-corrected chi connectivity index (χ2v) is 5.60. The number of carbonyl (C=O) groups excluding carboxylic acids is 1. The molecule has 0 aliphatic heterocycles. The van der Waals surface area contributed by atoms with Crippen molar-refractivity contribution < 1.29 is 13.9 Å². The second-order valence-electron chi connectivity index (χ2n) is 5.19. The zero-order valence-electron chi connectivity index (χ0n) is 14.5. The number of ether oxygens (including phenoxy) is 1. The quantitative estimate of drug-likeness (QED) is 0.573. The van der Waals surface area contributed by atoms with E-state index in [-0.39, 0.29) is 30.7 Å². The lowest BCUT2D eigenvalue weighted by Gasteiger charge is -2.05. The van der Waals surface area contributed by atoms with Crippen LogP contribution in [0, 0.1) is 0 Å². The number of methoxy groups -OCH3 is 1. The molecule has 2 rings (SSSR count). The summed E-state index contributed by atoms with van der Waals surface area (Å²) in [7, 11) is 1.66. The predicted molar refractivity (Wildman–Crippen MR) is 108 cm³/mol. The molecule has 0 radical (unpaired) electrons. The van der Waals surface area contributed by atoms with Crippen molar-refractivity contribution in [3.8, 4) is 11.3 Å². The number of nitrogens with one attached hydrogen (secondary N) is 2. The third kappa shape index (κ3) is 8.38. The van der Waals surface area contributed by atoms with E-state index >= 15 is 0 Å². The lowest BCUT2D eigenvalue weighted by molar-refractivity contribution is -0.121. The molecule has 0 bridgehead atoms. The summed E-state index contributed by atoms with van der Waals surface area (Å²) in [6.45, 7) is 2.73. The minimum atomic E-state index is -0.0268. The number of aryl methyl sites for hydroxylation is 1. The van der Waals surface area contributed by atoms with E-state index in [1.54, 1.807) is 19.4 Å². The fraction of sp³-hybridized carbons (Fsp3) is 0.412. The fourth-order valence-corrected chi connectivity index (χ4v) is 2.34. The molecule has 1 aromatic heterocycles. The Balaban J connectivity index is 0.00000312. The molecule has 1 amide bonds. The highest BCUT2D eigenvalue weighted by Crippen LogP contribution is 2.28. The molecule has 0 spiro atoms. The van der Waals surface area contributed by atoms with Gasteiger partial charge in [-0.05, 0) is 12.1 Å². The Labute approximate surface area is 170 Å². The molecule has 1 heterocycles. The first-order valence-corrected chi connectivity index (χ1v) is 8.24. The number of oxazole rings is 1. The zero-order valence-corrected chi connectivity index (χ0v) is 16.9. The van der Waals surface area contributed by atoms with E-state index < -0.39 is 0 Å². The molecule has 6 nitrogen and oxygen atoms in total. The highest BCUT2D eigenvalue weighted by Gasteiger charge is 2.10. The number of carbonyl (C=O) groups is 1. The van der Waals surface area contributed by atoms with E-state index in [4.69, 9.17) is 20.8 Å². The number of rotatable bonds is 10. The van der Waals surface area contributed by atoms with Crippen LogP contribution in [0.3, 0.4) is 0 Å². The SMILES string of the molecule is COCCNCCNC(=O)CCc1ncc(-c2ccccc2Cl)o1.Cl.Cl. The van der Waals surface area contributed by atoms with Gasteiger partial charge in [0.15, 0.2) is 11.7 Å². The maximum atomic E-state index is 11.8. The van der Waals surface area contributed by atoms with E-state index in [9.17, 15) is 4.79 Å². The van der Waals surface area contributed by atoms with E-state index in [0.29, 0.717) is 49.2 Å². The lowest BCUT2D eigenvalue weighted by Crippen LogP contribution is -2.33. The summed E-state index contributed by atoms with van der Waals surface area (Å²) in [5, 5.41) is 6.61. The average Bonchev–Trinajstić information content (AvgIpc) is 3.05. The van der Waals surface area contributed by atoms with E-state index in [2.05, 4.69) is 15.6 Å². The van der Waals surface area contributed by atoms with Gasteiger partial charge >= 0.3 is 0 Å². The number of aromatic nitrogens is 1. The second kappa shape index (κ2) is 13.8. The number of nitrogens with zero attached hydrogens (tertiary/aromatic N) is 1. The van der Waals surface area contributed by atoms with Crippen LogP contribution in [0.1, 0.15) is 12.3 Å². The Morgan fingerprint density at radius 3 is 2.73 bits per heavy atom. The van der Waals surface area contributed by atoms with Crippen LogP contribution < -0.4 is 10.6 Å². The molecular weight excluding hydrogens is 401 g/mol. The highest BCUT2D eigenvalue weighted by atomic mass is 35.5. The molecule has 0 aliphatic rings. The Bertz CT molecular complexity index is 653. The smallest absolute Gasteiger partial charge is 0.220 e. The molecule has 26 heavy (non-hydrogen) atoms. The van der Waals surface area contributed by atoms with Crippen LogP contribution in [-0.2, 0) is 16.0 Å². The van der Waals surface area contributed by atoms with E-state index in [0.717, 1.165) is 12.1 Å². The van der Waals surface area contributed by atoms with Gasteiger partial charge in [0.1, 0.15) is 0 Å². The Kier molecular flexibility index (Phi) is 13.1. The molecule has 0 unspecified atom stereocenters. The third-order valence-corrected chi connectivity index (χ3v) is 3.70. The van der Waals surface area contributed by atoms with Gasteiger partial charge in [-0.2, -0.15) is 0 Å². The molecule has 9 heteroatoms. The first-order chi connectivity index (χ1) is 11.7. The van der Waals surface area contributed by atoms with Crippen LogP contribution in [-0.4, -0.2) is 44.2 Å². The van der Waals surface area contributed by atoms with Crippen molar-refractivity contribution in [1.29, 1.82) is 0 Å². The van der Waals surface area contributed by atoms with Gasteiger partial charge in [0.2, 0.25) is 5.91 Å². The molecular formula is C17H24Cl3N3O3. The van der Waals surface area contributed by atoms with Gasteiger partial charge in [0, 0.05) is 45.1 Å². The van der Waals surface area contributed by atoms with Crippen molar-refractivity contribution in [2.45, 2.75) is 12.8 Å². The summed E-state index contributed by atoms with van der Waals surface area (Å²) in [4.78, 5) is 16.0. The molecule has 2 aromatic rings. The van der Waals surface area contributed by atoms with Gasteiger partial charge in [-0.1, -0.05) is 23.7 Å². The standard InChI is InChI=1S/C17H22ClN3O3.2ClH/c1-23-11-10-19-8-9-20-16(22)6-7-17-21-12-15(24-17)13-4-2-3-5-14(13)18;;/h2-5,12,19H,6-11H2,1H3,(H,20,22);2*1H. The predicted octanol–water partition coefficient (Wildman–Crippen LogP) is 3.12. The summed E-state index contributed by atoms with van der Waals surface area (Å²) in [6, 6.07) is 7.41. The molecule has 0 aliphatic carbocycles. The maximum absolute atomic E-state index is 11.8. The van der Waals surface area contributed by atoms with Crippen LogP contribution in [0.25, 0.3) is 11.3 Å². The van der Waals surface area contributed by atoms with Crippen LogP contribution in [0.4, 0.5) is 0 Å². The summed E-state index contributed by atoms with van der Waals surface area (Å²) >= 11 is 6.13. The fourth-order valence-electron chi connectivity index (χ4n) is 2.11. The van der Waals surface area contributed by atoms with Crippen molar-refractivity contribution in [3.05, 3.63) is 41.4 Å². The highest BCUT2D eigenvalue weighted by molar-refractivity contribution is 6.33. The zero-order chi connectivity index (χ0) is 17.2. The Hall–Kier alpha value is -1.31. The van der Waals surface area contributed by atoms with Gasteiger partial charge in [0.25, 0.3) is 0 Å². The van der Waals surface area contributed by atoms with Gasteiger partial charge in [-0.3, -0.25) is 4.79 Å². The maximum Gasteiger partial charge on any atom is 0.220 e. The van der Waals surface area contributed by atoms with Gasteiger partial charge < -0.3 is 19.8 Å². The van der Waals surface area contributed by atoms with Gasteiger partial charge in [0.05, 0.1) is 17.8 Å². The van der Waals surface area contributed by atoms with Crippen molar-refractivity contribution in [3.63, 3.8) is 0 Å². The van der Waals surface area contributed by atoms with E-state index in [1.165, 1.54) is 0 Å². The molecule has 146 valence electrons. The molecule has 0 saturated carbocycles. The molecule has 0 saturated heterocycles. The third-order valence-electron chi connectivity index (χ3n) is 3.37. The first kappa shape index (κ1) is 24.7. The minimum absolute atomic E-state index is 0. The molecule has 2 N–H and O–H groups in total. The van der Waals surface area contributed by atoms with Crippen LogP contribution in [0.2, 0.25) is 5.02 Å². The van der Waals surface area contributed by atoms with Crippen LogP contribution >= 0.6 is 36.4 Å². The van der Waals surface area contributed by atoms with Gasteiger partial charge in [-0.25, -0.2) is 4.98 Å². The van der Waals surface area contributed by atoms with Gasteiger partial charge in [-0.15, -0.1) is 24.8 Å². The first-order valence-electron chi connectivity index (χ1n) is 7.86. The van der Waals surface area contributed by atoms with Crippen LogP contribution in [0.5, 0.6) is 0 Å². The Morgan fingerprint density at radius 1 is 1.23 bits per heavy atom.